The van der Waals surface area contributed by atoms with Gasteiger partial charge in [-0.3, -0.25) is 9.10 Å². The Morgan fingerprint density at radius 2 is 1.90 bits per heavy atom. The van der Waals surface area contributed by atoms with Crippen LogP contribution in [-0.4, -0.2) is 37.3 Å². The van der Waals surface area contributed by atoms with Gasteiger partial charge in [-0.1, -0.05) is 53.2 Å². The summed E-state index contributed by atoms with van der Waals surface area (Å²) in [4.78, 5) is 16.5. The predicted molar refractivity (Wildman–Crippen MR) is 119 cm³/mol. The van der Waals surface area contributed by atoms with Gasteiger partial charge in [-0.2, -0.15) is 4.98 Å². The first kappa shape index (κ1) is 22.8. The Hall–Kier alpha value is -2.91. The summed E-state index contributed by atoms with van der Waals surface area (Å²) in [6.07, 6.45) is 1.61. The molecule has 0 unspecified atom stereocenters. The number of nitrogens with one attached hydrogen (secondary N) is 1. The Labute approximate surface area is 186 Å². The second kappa shape index (κ2) is 9.93. The molecule has 1 amide bonds. The van der Waals surface area contributed by atoms with E-state index in [4.69, 9.17) is 16.1 Å². The predicted octanol–water partition coefficient (Wildman–Crippen LogP) is 3.56. The van der Waals surface area contributed by atoms with Crippen LogP contribution < -0.4 is 9.62 Å². The highest BCUT2D eigenvalue weighted by molar-refractivity contribution is 7.92. The van der Waals surface area contributed by atoms with Crippen LogP contribution in [-0.2, 0) is 21.4 Å². The Morgan fingerprint density at radius 1 is 1.16 bits per heavy atom. The van der Waals surface area contributed by atoms with E-state index in [-0.39, 0.29) is 25.4 Å². The molecular formula is C21H23ClN4O4S. The van der Waals surface area contributed by atoms with E-state index in [2.05, 4.69) is 15.5 Å². The van der Waals surface area contributed by atoms with Crippen LogP contribution in [0, 0.1) is 6.92 Å². The lowest BCUT2D eigenvalue weighted by molar-refractivity contribution is -0.121. The van der Waals surface area contributed by atoms with Crippen LogP contribution in [0.4, 0.5) is 5.69 Å². The topological polar surface area (TPSA) is 105 Å². The third-order valence-corrected chi connectivity index (χ3v) is 6.20. The zero-order valence-electron chi connectivity index (χ0n) is 17.2. The molecule has 3 aromatic rings. The first-order valence-corrected chi connectivity index (χ1v) is 11.9. The number of carbonyl (C=O) groups is 1. The van der Waals surface area contributed by atoms with Gasteiger partial charge in [-0.25, -0.2) is 8.42 Å². The molecule has 0 saturated carbocycles. The molecule has 3 rings (SSSR count). The lowest BCUT2D eigenvalue weighted by atomic mass is 10.2. The van der Waals surface area contributed by atoms with Gasteiger partial charge in [-0.15, -0.1) is 0 Å². The minimum absolute atomic E-state index is 0.0991. The number of anilines is 1. The van der Waals surface area contributed by atoms with Crippen molar-refractivity contribution in [2.75, 3.05) is 17.1 Å². The molecule has 0 aliphatic rings. The lowest BCUT2D eigenvalue weighted by Crippen LogP contribution is -2.32. The van der Waals surface area contributed by atoms with E-state index in [1.807, 2.05) is 30.3 Å². The van der Waals surface area contributed by atoms with Gasteiger partial charge in [-0.05, 0) is 31.0 Å². The highest BCUT2D eigenvalue weighted by Gasteiger charge is 2.20. The van der Waals surface area contributed by atoms with Crippen LogP contribution in [0.3, 0.4) is 0 Å². The number of halogens is 1. The maximum atomic E-state index is 12.3. The van der Waals surface area contributed by atoms with Crippen molar-refractivity contribution in [1.29, 1.82) is 0 Å². The van der Waals surface area contributed by atoms with Crippen LogP contribution in [0.5, 0.6) is 0 Å². The van der Waals surface area contributed by atoms with Crippen LogP contribution in [0.1, 0.15) is 24.3 Å². The van der Waals surface area contributed by atoms with E-state index in [0.29, 0.717) is 34.4 Å². The Kier molecular flexibility index (Phi) is 7.29. The van der Waals surface area contributed by atoms with Crippen molar-refractivity contribution in [1.82, 2.24) is 15.5 Å². The molecule has 1 heterocycles. The Balaban J connectivity index is 1.53. The molecule has 0 aliphatic heterocycles. The molecule has 10 heteroatoms. The summed E-state index contributed by atoms with van der Waals surface area (Å²) in [5.41, 5.74) is 2.00. The minimum Gasteiger partial charge on any atom is -0.347 e. The summed E-state index contributed by atoms with van der Waals surface area (Å²) >= 11 is 6.13. The fourth-order valence-electron chi connectivity index (χ4n) is 3.01. The summed E-state index contributed by atoms with van der Waals surface area (Å²) < 4.78 is 30.9. The van der Waals surface area contributed by atoms with Crippen molar-refractivity contribution in [3.8, 4) is 11.4 Å². The summed E-state index contributed by atoms with van der Waals surface area (Å²) in [6, 6.07) is 14.5. The van der Waals surface area contributed by atoms with Crippen LogP contribution in [0.15, 0.2) is 53.1 Å². The highest BCUT2D eigenvalue weighted by atomic mass is 35.5. The second-order valence-electron chi connectivity index (χ2n) is 6.98. The number of rotatable bonds is 9. The smallest absolute Gasteiger partial charge is 0.246 e. The fourth-order valence-corrected chi connectivity index (χ4v) is 4.19. The molecule has 0 atom stereocenters. The van der Waals surface area contributed by atoms with Crippen LogP contribution in [0.2, 0.25) is 5.02 Å². The Bertz CT molecular complexity index is 1150. The van der Waals surface area contributed by atoms with Gasteiger partial charge in [0, 0.05) is 23.6 Å². The molecule has 164 valence electrons. The average Bonchev–Trinajstić information content (AvgIpc) is 3.21. The number of aromatic nitrogens is 2. The van der Waals surface area contributed by atoms with Gasteiger partial charge in [0.1, 0.15) is 0 Å². The van der Waals surface area contributed by atoms with E-state index in [1.54, 1.807) is 25.1 Å². The summed E-state index contributed by atoms with van der Waals surface area (Å²) in [5, 5.41) is 7.10. The van der Waals surface area contributed by atoms with E-state index < -0.39 is 10.0 Å². The minimum atomic E-state index is -3.52. The maximum Gasteiger partial charge on any atom is 0.246 e. The Morgan fingerprint density at radius 3 is 2.61 bits per heavy atom. The third-order valence-electron chi connectivity index (χ3n) is 4.61. The van der Waals surface area contributed by atoms with Gasteiger partial charge in [0.2, 0.25) is 27.6 Å². The first-order valence-electron chi connectivity index (χ1n) is 9.63. The largest absolute Gasteiger partial charge is 0.347 e. The van der Waals surface area contributed by atoms with Gasteiger partial charge < -0.3 is 9.84 Å². The SMILES string of the molecule is Cc1c(Cl)cccc1N(CCCC(=O)NCc1nc(-c2ccccc2)no1)S(C)(=O)=O. The zero-order chi connectivity index (χ0) is 22.4. The lowest BCUT2D eigenvalue weighted by Gasteiger charge is -2.24. The first-order chi connectivity index (χ1) is 14.8. The third kappa shape index (κ3) is 6.05. The van der Waals surface area contributed by atoms with E-state index in [0.717, 1.165) is 11.8 Å². The van der Waals surface area contributed by atoms with Crippen molar-refractivity contribution >= 4 is 33.2 Å². The molecule has 0 fully saturated rings. The van der Waals surface area contributed by atoms with Gasteiger partial charge >= 0.3 is 0 Å². The summed E-state index contributed by atoms with van der Waals surface area (Å²) in [5.74, 6) is 0.501. The van der Waals surface area contributed by atoms with Gasteiger partial charge in [0.05, 0.1) is 18.5 Å². The molecule has 0 aliphatic carbocycles. The van der Waals surface area contributed by atoms with Crippen LogP contribution >= 0.6 is 11.6 Å². The molecule has 8 nitrogen and oxygen atoms in total. The van der Waals surface area contributed by atoms with Crippen molar-refractivity contribution in [2.24, 2.45) is 0 Å². The molecule has 0 saturated heterocycles. The normalized spacial score (nSPS) is 11.3. The maximum absolute atomic E-state index is 12.3. The summed E-state index contributed by atoms with van der Waals surface area (Å²) in [6.45, 7) is 2.02. The van der Waals surface area contributed by atoms with Crippen LogP contribution in [0.25, 0.3) is 11.4 Å². The van der Waals surface area contributed by atoms with Crippen molar-refractivity contribution in [3.63, 3.8) is 0 Å². The zero-order valence-corrected chi connectivity index (χ0v) is 18.8. The number of hydrogen-bond donors (Lipinski definition) is 1. The number of sulfonamides is 1. The highest BCUT2D eigenvalue weighted by Crippen LogP contribution is 2.28. The molecule has 0 radical (unpaired) electrons. The fraction of sp³-hybridized carbons (Fsp3) is 0.286. The number of amides is 1. The van der Waals surface area contributed by atoms with E-state index in [9.17, 15) is 13.2 Å². The molecular weight excluding hydrogens is 440 g/mol. The number of carbonyl (C=O) groups excluding carboxylic acids is 1. The molecule has 0 spiro atoms. The van der Waals surface area contributed by atoms with Crippen molar-refractivity contribution < 1.29 is 17.7 Å². The standard InChI is InChI=1S/C21H23ClN4O4S/c1-15-17(22)10-6-11-18(15)26(31(2,28)29)13-7-12-19(27)23-14-20-24-21(25-30-20)16-8-4-3-5-9-16/h3-6,8-11H,7,12-14H2,1-2H3,(H,23,27). The van der Waals surface area contributed by atoms with E-state index >= 15 is 0 Å². The molecule has 1 N–H and O–H groups in total. The second-order valence-corrected chi connectivity index (χ2v) is 9.29. The molecule has 0 bridgehead atoms. The monoisotopic (exact) mass is 462 g/mol. The quantitative estimate of drug-likeness (QED) is 0.521. The number of benzene rings is 2. The summed E-state index contributed by atoms with van der Waals surface area (Å²) in [7, 11) is -3.52. The van der Waals surface area contributed by atoms with Gasteiger partial charge in [0.15, 0.2) is 0 Å². The van der Waals surface area contributed by atoms with E-state index in [1.165, 1.54) is 4.31 Å². The van der Waals surface area contributed by atoms with Gasteiger partial charge in [0.25, 0.3) is 0 Å². The van der Waals surface area contributed by atoms with Crippen molar-refractivity contribution in [3.05, 3.63) is 65.0 Å². The number of hydrogen-bond acceptors (Lipinski definition) is 6. The molecule has 1 aromatic heterocycles. The molecule has 2 aromatic carbocycles. The average molecular weight is 463 g/mol. The number of nitrogens with zero attached hydrogens (tertiary/aromatic N) is 3. The van der Waals surface area contributed by atoms with Crippen molar-refractivity contribution in [2.45, 2.75) is 26.3 Å². The molecule has 31 heavy (non-hydrogen) atoms.